The molecule has 0 radical (unpaired) electrons. The number of carbonyl (C=O) groups is 3. The van der Waals surface area contributed by atoms with Gasteiger partial charge in [0.05, 0.1) is 5.56 Å². The third kappa shape index (κ3) is 5.48. The summed E-state index contributed by atoms with van der Waals surface area (Å²) < 4.78 is 28.2. The molecule has 0 aliphatic carbocycles. The molecule has 0 spiro atoms. The van der Waals surface area contributed by atoms with Crippen molar-refractivity contribution in [3.8, 4) is 5.69 Å². The second-order valence-electron chi connectivity index (χ2n) is 8.24. The first-order chi connectivity index (χ1) is 16.1. The number of aromatic nitrogens is 1. The van der Waals surface area contributed by atoms with Crippen LogP contribution in [0.3, 0.4) is 0 Å². The van der Waals surface area contributed by atoms with E-state index in [2.05, 4.69) is 16.2 Å². The SMILES string of the molecule is Cc1cc(C(=O)NNC(=O)[C@@H](NC(=O)c2ccc(F)cc2)C(C)C)c(C)n1-c1ccc(F)cc1. The molecule has 0 saturated heterocycles. The first-order valence-corrected chi connectivity index (χ1v) is 10.7. The minimum absolute atomic E-state index is 0.206. The van der Waals surface area contributed by atoms with Gasteiger partial charge in [-0.1, -0.05) is 13.8 Å². The molecule has 1 atom stereocenters. The predicted molar refractivity (Wildman–Crippen MR) is 123 cm³/mol. The van der Waals surface area contributed by atoms with Gasteiger partial charge in [0, 0.05) is 22.6 Å². The summed E-state index contributed by atoms with van der Waals surface area (Å²) in [5.74, 6) is -2.81. The molecule has 1 heterocycles. The summed E-state index contributed by atoms with van der Waals surface area (Å²) in [7, 11) is 0. The third-order valence-electron chi connectivity index (χ3n) is 5.40. The minimum Gasteiger partial charge on any atom is -0.340 e. The second-order valence-corrected chi connectivity index (χ2v) is 8.24. The van der Waals surface area contributed by atoms with Gasteiger partial charge in [-0.2, -0.15) is 0 Å². The number of amides is 3. The maximum atomic E-state index is 13.3. The minimum atomic E-state index is -0.940. The molecule has 3 aromatic rings. The molecule has 1 aromatic heterocycles. The average Bonchev–Trinajstić information content (AvgIpc) is 3.10. The van der Waals surface area contributed by atoms with Crippen molar-refractivity contribution >= 4 is 17.7 Å². The van der Waals surface area contributed by atoms with Crippen molar-refractivity contribution in [3.05, 3.63) is 88.7 Å². The maximum absolute atomic E-state index is 13.3. The van der Waals surface area contributed by atoms with Crippen LogP contribution >= 0.6 is 0 Å². The largest absolute Gasteiger partial charge is 0.340 e. The van der Waals surface area contributed by atoms with Crippen LogP contribution in [0.5, 0.6) is 0 Å². The number of halogens is 2. The van der Waals surface area contributed by atoms with Crippen LogP contribution in [0.2, 0.25) is 0 Å². The van der Waals surface area contributed by atoms with E-state index in [-0.39, 0.29) is 17.3 Å². The highest BCUT2D eigenvalue weighted by molar-refractivity contribution is 5.99. The molecule has 0 saturated carbocycles. The van der Waals surface area contributed by atoms with Crippen LogP contribution in [0.4, 0.5) is 8.78 Å². The van der Waals surface area contributed by atoms with Crippen molar-refractivity contribution in [2.24, 2.45) is 5.92 Å². The number of hydrazine groups is 1. The van der Waals surface area contributed by atoms with Crippen LogP contribution in [0, 0.1) is 31.4 Å². The van der Waals surface area contributed by atoms with E-state index < -0.39 is 29.6 Å². The number of nitrogens with zero attached hydrogens (tertiary/aromatic N) is 1. The molecule has 3 rings (SSSR count). The first-order valence-electron chi connectivity index (χ1n) is 10.7. The molecule has 3 amide bonds. The van der Waals surface area contributed by atoms with Gasteiger partial charge in [-0.05, 0) is 74.4 Å². The zero-order chi connectivity index (χ0) is 25.0. The number of nitrogens with one attached hydrogen (secondary N) is 3. The van der Waals surface area contributed by atoms with E-state index in [0.717, 1.165) is 17.8 Å². The number of hydrogen-bond acceptors (Lipinski definition) is 3. The molecule has 34 heavy (non-hydrogen) atoms. The summed E-state index contributed by atoms with van der Waals surface area (Å²) in [5.41, 5.74) is 7.35. The van der Waals surface area contributed by atoms with E-state index >= 15 is 0 Å². The molecule has 2 aromatic carbocycles. The Morgan fingerprint density at radius 3 is 1.94 bits per heavy atom. The van der Waals surface area contributed by atoms with Crippen molar-refractivity contribution < 1.29 is 23.2 Å². The Hall–Kier alpha value is -4.01. The molecule has 178 valence electrons. The number of carbonyl (C=O) groups excluding carboxylic acids is 3. The van der Waals surface area contributed by atoms with Crippen LogP contribution in [-0.4, -0.2) is 28.3 Å². The number of benzene rings is 2. The van der Waals surface area contributed by atoms with Crippen LogP contribution in [0.1, 0.15) is 46.0 Å². The van der Waals surface area contributed by atoms with Gasteiger partial charge in [-0.3, -0.25) is 25.2 Å². The van der Waals surface area contributed by atoms with Gasteiger partial charge in [-0.15, -0.1) is 0 Å². The molecule has 0 aliphatic heterocycles. The second kappa shape index (κ2) is 10.3. The van der Waals surface area contributed by atoms with Gasteiger partial charge in [0.2, 0.25) is 0 Å². The molecule has 9 heteroatoms. The van der Waals surface area contributed by atoms with E-state index in [1.54, 1.807) is 43.5 Å². The van der Waals surface area contributed by atoms with Crippen LogP contribution < -0.4 is 16.2 Å². The Kier molecular flexibility index (Phi) is 7.45. The first kappa shape index (κ1) is 24.6. The van der Waals surface area contributed by atoms with Gasteiger partial charge in [0.15, 0.2) is 0 Å². The molecule has 0 aliphatic rings. The monoisotopic (exact) mass is 468 g/mol. The lowest BCUT2D eigenvalue weighted by Crippen LogP contribution is -2.54. The van der Waals surface area contributed by atoms with Crippen molar-refractivity contribution in [1.29, 1.82) is 0 Å². The van der Waals surface area contributed by atoms with Crippen molar-refractivity contribution in [2.75, 3.05) is 0 Å². The number of aryl methyl sites for hydroxylation is 1. The summed E-state index contributed by atoms with van der Waals surface area (Å²) in [5, 5.41) is 2.61. The smallest absolute Gasteiger partial charge is 0.271 e. The fourth-order valence-electron chi connectivity index (χ4n) is 3.60. The molecular formula is C25H26F2N4O3. The zero-order valence-electron chi connectivity index (χ0n) is 19.3. The summed E-state index contributed by atoms with van der Waals surface area (Å²) in [4.78, 5) is 37.9. The average molecular weight is 469 g/mol. The highest BCUT2D eigenvalue weighted by Crippen LogP contribution is 2.21. The topological polar surface area (TPSA) is 92.2 Å². The van der Waals surface area contributed by atoms with Crippen molar-refractivity contribution in [1.82, 2.24) is 20.7 Å². The Morgan fingerprint density at radius 2 is 1.38 bits per heavy atom. The molecule has 3 N–H and O–H groups in total. The third-order valence-corrected chi connectivity index (χ3v) is 5.40. The summed E-state index contributed by atoms with van der Waals surface area (Å²) in [6, 6.07) is 11.6. The lowest BCUT2D eigenvalue weighted by atomic mass is 10.0. The summed E-state index contributed by atoms with van der Waals surface area (Å²) in [6.45, 7) is 7.04. The fourth-order valence-corrected chi connectivity index (χ4v) is 3.60. The fraction of sp³-hybridized carbons (Fsp3) is 0.240. The number of rotatable bonds is 6. The van der Waals surface area contributed by atoms with E-state index in [1.807, 2.05) is 6.92 Å². The standard InChI is InChI=1S/C25H26F2N4O3/c1-14(2)22(28-23(32)17-5-7-18(26)8-6-17)25(34)30-29-24(33)21-13-15(3)31(16(21)4)20-11-9-19(27)10-12-20/h5-14,22H,1-4H3,(H,28,32)(H,29,33)(H,30,34)/t22-/m0/s1. The number of hydrogen-bond donors (Lipinski definition) is 3. The molecule has 7 nitrogen and oxygen atoms in total. The van der Waals surface area contributed by atoms with E-state index in [4.69, 9.17) is 0 Å². The molecule has 0 fully saturated rings. The Bertz CT molecular complexity index is 1200. The lowest BCUT2D eigenvalue weighted by Gasteiger charge is -2.22. The van der Waals surface area contributed by atoms with Crippen LogP contribution in [0.25, 0.3) is 5.69 Å². The lowest BCUT2D eigenvalue weighted by molar-refractivity contribution is -0.124. The van der Waals surface area contributed by atoms with Crippen molar-refractivity contribution in [3.63, 3.8) is 0 Å². The van der Waals surface area contributed by atoms with Gasteiger partial charge >= 0.3 is 0 Å². The van der Waals surface area contributed by atoms with Crippen LogP contribution in [0.15, 0.2) is 54.6 Å². The molecular weight excluding hydrogens is 442 g/mol. The Morgan fingerprint density at radius 1 is 0.824 bits per heavy atom. The summed E-state index contributed by atoms with van der Waals surface area (Å²) in [6.07, 6.45) is 0. The highest BCUT2D eigenvalue weighted by Gasteiger charge is 2.26. The van der Waals surface area contributed by atoms with Gasteiger partial charge in [-0.25, -0.2) is 8.78 Å². The normalized spacial score (nSPS) is 11.7. The van der Waals surface area contributed by atoms with Crippen molar-refractivity contribution in [2.45, 2.75) is 33.7 Å². The summed E-state index contributed by atoms with van der Waals surface area (Å²) >= 11 is 0. The molecule has 0 bridgehead atoms. The van der Waals surface area contributed by atoms with Gasteiger partial charge in [0.25, 0.3) is 17.7 Å². The zero-order valence-corrected chi connectivity index (χ0v) is 19.3. The van der Waals surface area contributed by atoms with E-state index in [9.17, 15) is 23.2 Å². The Labute approximate surface area is 196 Å². The predicted octanol–water partition coefficient (Wildman–Crippen LogP) is 3.59. The van der Waals surface area contributed by atoms with Crippen LogP contribution in [-0.2, 0) is 4.79 Å². The highest BCUT2D eigenvalue weighted by atomic mass is 19.1. The van der Waals surface area contributed by atoms with E-state index in [0.29, 0.717) is 16.9 Å². The van der Waals surface area contributed by atoms with E-state index in [1.165, 1.54) is 24.3 Å². The maximum Gasteiger partial charge on any atom is 0.271 e. The quantitative estimate of drug-likeness (QED) is 0.483. The van der Waals surface area contributed by atoms with Gasteiger partial charge < -0.3 is 9.88 Å². The Balaban J connectivity index is 1.68. The molecule has 0 unspecified atom stereocenters. The van der Waals surface area contributed by atoms with Gasteiger partial charge in [0.1, 0.15) is 17.7 Å².